The predicted molar refractivity (Wildman–Crippen MR) is 108 cm³/mol. The van der Waals surface area contributed by atoms with Gasteiger partial charge in [0.05, 0.1) is 24.8 Å². The largest absolute Gasteiger partial charge is 0.497 e. The van der Waals surface area contributed by atoms with Crippen LogP contribution in [-0.2, 0) is 14.8 Å². The van der Waals surface area contributed by atoms with E-state index in [9.17, 15) is 13.2 Å². The first-order valence-electron chi connectivity index (χ1n) is 8.69. The van der Waals surface area contributed by atoms with Gasteiger partial charge >= 0.3 is 0 Å². The molecule has 0 saturated carbocycles. The summed E-state index contributed by atoms with van der Waals surface area (Å²) in [6, 6.07) is 12.7. The molecule has 0 saturated heterocycles. The van der Waals surface area contributed by atoms with Gasteiger partial charge in [0, 0.05) is 11.6 Å². The van der Waals surface area contributed by atoms with Crippen LogP contribution in [0.15, 0.2) is 53.4 Å². The van der Waals surface area contributed by atoms with E-state index in [0.717, 1.165) is 4.31 Å². The Morgan fingerprint density at radius 3 is 2.21 bits per heavy atom. The highest BCUT2D eigenvalue weighted by Gasteiger charge is 2.30. The molecule has 0 fully saturated rings. The van der Waals surface area contributed by atoms with Crippen molar-refractivity contribution in [2.45, 2.75) is 31.2 Å². The Bertz CT molecular complexity index is 921. The molecule has 0 bridgehead atoms. The number of hydrogen-bond acceptors (Lipinski definition) is 5. The van der Waals surface area contributed by atoms with Crippen LogP contribution in [0.4, 0.5) is 5.69 Å². The topological polar surface area (TPSA) is 84.9 Å². The molecule has 152 valence electrons. The molecule has 0 heterocycles. The van der Waals surface area contributed by atoms with Gasteiger partial charge in [-0.3, -0.25) is 9.10 Å². The lowest BCUT2D eigenvalue weighted by molar-refractivity contribution is -0.121. The van der Waals surface area contributed by atoms with Crippen LogP contribution in [0.1, 0.15) is 20.8 Å². The molecule has 1 amide bonds. The highest BCUT2D eigenvalue weighted by molar-refractivity contribution is 7.92. The van der Waals surface area contributed by atoms with Crippen LogP contribution in [0.3, 0.4) is 0 Å². The number of benzene rings is 2. The summed E-state index contributed by atoms with van der Waals surface area (Å²) in [5, 5.41) is 2.79. The Morgan fingerprint density at radius 2 is 1.68 bits per heavy atom. The monoisotopic (exact) mass is 406 g/mol. The van der Waals surface area contributed by atoms with Crippen LogP contribution in [0.5, 0.6) is 11.5 Å². The van der Waals surface area contributed by atoms with Gasteiger partial charge in [0.25, 0.3) is 10.0 Å². The maximum absolute atomic E-state index is 13.3. The number of carbonyl (C=O) groups is 1. The number of anilines is 1. The van der Waals surface area contributed by atoms with Crippen LogP contribution in [-0.4, -0.2) is 40.6 Å². The number of carbonyl (C=O) groups excluding carboxylic acids is 1. The van der Waals surface area contributed by atoms with Gasteiger partial charge in [-0.15, -0.1) is 0 Å². The maximum Gasteiger partial charge on any atom is 0.264 e. The highest BCUT2D eigenvalue weighted by Crippen LogP contribution is 2.35. The van der Waals surface area contributed by atoms with Gasteiger partial charge in [0.2, 0.25) is 5.91 Å². The number of sulfonamides is 1. The predicted octanol–water partition coefficient (Wildman–Crippen LogP) is 2.81. The molecule has 28 heavy (non-hydrogen) atoms. The summed E-state index contributed by atoms with van der Waals surface area (Å²) in [6.45, 7) is 5.09. The van der Waals surface area contributed by atoms with E-state index >= 15 is 0 Å². The molecule has 0 spiro atoms. The lowest BCUT2D eigenvalue weighted by Crippen LogP contribution is -2.47. The minimum Gasteiger partial charge on any atom is -0.497 e. The van der Waals surface area contributed by atoms with Gasteiger partial charge in [-0.1, -0.05) is 18.2 Å². The SMILES string of the molecule is COc1ccc(N(CC(=O)NC(C)(C)C)S(=O)(=O)c2ccccc2)c(OC)c1. The van der Waals surface area contributed by atoms with E-state index in [2.05, 4.69) is 5.32 Å². The fourth-order valence-electron chi connectivity index (χ4n) is 2.60. The first kappa shape index (κ1) is 21.6. The van der Waals surface area contributed by atoms with Crippen LogP contribution in [0.2, 0.25) is 0 Å². The second kappa shape index (κ2) is 8.52. The zero-order valence-corrected chi connectivity index (χ0v) is 17.5. The molecule has 2 aromatic rings. The lowest BCUT2D eigenvalue weighted by Gasteiger charge is -2.28. The van der Waals surface area contributed by atoms with E-state index in [1.54, 1.807) is 36.4 Å². The van der Waals surface area contributed by atoms with E-state index in [4.69, 9.17) is 9.47 Å². The Balaban J connectivity index is 2.55. The summed E-state index contributed by atoms with van der Waals surface area (Å²) >= 11 is 0. The number of hydrogen-bond donors (Lipinski definition) is 1. The summed E-state index contributed by atoms with van der Waals surface area (Å²) in [5.41, 5.74) is -0.250. The van der Waals surface area contributed by atoms with Crippen molar-refractivity contribution in [2.24, 2.45) is 0 Å². The molecule has 0 radical (unpaired) electrons. The van der Waals surface area contributed by atoms with Crippen molar-refractivity contribution in [3.63, 3.8) is 0 Å². The van der Waals surface area contributed by atoms with Crippen LogP contribution in [0.25, 0.3) is 0 Å². The van der Waals surface area contributed by atoms with Crippen LogP contribution in [0, 0.1) is 0 Å². The number of amides is 1. The van der Waals surface area contributed by atoms with Crippen molar-refractivity contribution in [2.75, 3.05) is 25.1 Å². The summed E-state index contributed by atoms with van der Waals surface area (Å²) in [4.78, 5) is 12.6. The molecule has 0 aliphatic rings. The van der Waals surface area contributed by atoms with E-state index in [-0.39, 0.29) is 16.3 Å². The molecule has 0 aromatic heterocycles. The third-order valence-corrected chi connectivity index (χ3v) is 5.56. The number of ether oxygens (including phenoxy) is 2. The van der Waals surface area contributed by atoms with Crippen molar-refractivity contribution < 1.29 is 22.7 Å². The fraction of sp³-hybridized carbons (Fsp3) is 0.350. The van der Waals surface area contributed by atoms with Crippen molar-refractivity contribution >= 4 is 21.6 Å². The lowest BCUT2D eigenvalue weighted by atomic mass is 10.1. The zero-order valence-electron chi connectivity index (χ0n) is 16.7. The summed E-state index contributed by atoms with van der Waals surface area (Å²) in [7, 11) is -1.07. The Kier molecular flexibility index (Phi) is 6.56. The summed E-state index contributed by atoms with van der Waals surface area (Å²) in [5.74, 6) is 0.365. The Labute approximate surface area is 166 Å². The fourth-order valence-corrected chi connectivity index (χ4v) is 4.05. The average molecular weight is 407 g/mol. The Morgan fingerprint density at radius 1 is 1.04 bits per heavy atom. The first-order chi connectivity index (χ1) is 13.1. The molecule has 0 unspecified atom stereocenters. The second-order valence-electron chi connectivity index (χ2n) is 7.16. The Hall–Kier alpha value is -2.74. The van der Waals surface area contributed by atoms with Gasteiger partial charge in [-0.2, -0.15) is 0 Å². The molecule has 0 atom stereocenters. The normalized spacial score (nSPS) is 11.6. The van der Waals surface area contributed by atoms with Gasteiger partial charge < -0.3 is 14.8 Å². The quantitative estimate of drug-likeness (QED) is 0.764. The zero-order chi connectivity index (χ0) is 20.9. The molecule has 0 aliphatic carbocycles. The van der Waals surface area contributed by atoms with Crippen molar-refractivity contribution in [1.82, 2.24) is 5.32 Å². The summed E-state index contributed by atoms with van der Waals surface area (Å²) in [6.07, 6.45) is 0. The molecular weight excluding hydrogens is 380 g/mol. The standard InChI is InChI=1S/C20H26N2O5S/c1-20(2,3)21-19(23)14-22(28(24,25)16-9-7-6-8-10-16)17-12-11-15(26-4)13-18(17)27-5/h6-13H,14H2,1-5H3,(H,21,23). The molecule has 2 aromatic carbocycles. The summed E-state index contributed by atoms with van der Waals surface area (Å²) < 4.78 is 38.2. The number of nitrogens with zero attached hydrogens (tertiary/aromatic N) is 1. The van der Waals surface area contributed by atoms with Crippen LogP contribution < -0.4 is 19.1 Å². The number of nitrogens with one attached hydrogen (secondary N) is 1. The van der Waals surface area contributed by atoms with Gasteiger partial charge in [-0.25, -0.2) is 8.42 Å². The number of methoxy groups -OCH3 is 2. The van der Waals surface area contributed by atoms with E-state index in [1.807, 2.05) is 20.8 Å². The second-order valence-corrected chi connectivity index (χ2v) is 9.02. The van der Waals surface area contributed by atoms with Gasteiger partial charge in [0.15, 0.2) is 0 Å². The third-order valence-electron chi connectivity index (χ3n) is 3.79. The van der Waals surface area contributed by atoms with Gasteiger partial charge in [-0.05, 0) is 45.0 Å². The molecular formula is C20H26N2O5S. The minimum atomic E-state index is -4.01. The van der Waals surface area contributed by atoms with Crippen molar-refractivity contribution in [3.8, 4) is 11.5 Å². The van der Waals surface area contributed by atoms with E-state index in [0.29, 0.717) is 5.75 Å². The molecule has 2 rings (SSSR count). The smallest absolute Gasteiger partial charge is 0.264 e. The highest BCUT2D eigenvalue weighted by atomic mass is 32.2. The van der Waals surface area contributed by atoms with Crippen LogP contribution >= 0.6 is 0 Å². The molecule has 7 nitrogen and oxygen atoms in total. The molecule has 1 N–H and O–H groups in total. The molecule has 8 heteroatoms. The first-order valence-corrected chi connectivity index (χ1v) is 10.1. The van der Waals surface area contributed by atoms with E-state index < -0.39 is 28.0 Å². The molecule has 0 aliphatic heterocycles. The average Bonchev–Trinajstić information content (AvgIpc) is 2.65. The third kappa shape index (κ3) is 5.16. The minimum absolute atomic E-state index is 0.0800. The number of rotatable bonds is 7. The van der Waals surface area contributed by atoms with E-state index in [1.165, 1.54) is 26.4 Å². The van der Waals surface area contributed by atoms with Crippen molar-refractivity contribution in [3.05, 3.63) is 48.5 Å². The maximum atomic E-state index is 13.3. The van der Waals surface area contributed by atoms with Crippen molar-refractivity contribution in [1.29, 1.82) is 0 Å². The van der Waals surface area contributed by atoms with Gasteiger partial charge in [0.1, 0.15) is 18.0 Å².